The second-order valence-corrected chi connectivity index (χ2v) is 5.03. The van der Waals surface area contributed by atoms with Crippen LogP contribution in [-0.2, 0) is 0 Å². The number of anilines is 2. The number of hydrogen-bond acceptors (Lipinski definition) is 3. The number of nitrogens with zero attached hydrogens (tertiary/aromatic N) is 1. The van der Waals surface area contributed by atoms with Gasteiger partial charge in [-0.3, -0.25) is 4.98 Å². The van der Waals surface area contributed by atoms with Crippen LogP contribution in [0.1, 0.15) is 32.6 Å². The molecule has 1 aromatic heterocycles. The number of nitrogens with two attached hydrogens (primary N) is 1. The van der Waals surface area contributed by atoms with Gasteiger partial charge in [0.2, 0.25) is 0 Å². The second kappa shape index (κ2) is 5.19. The summed E-state index contributed by atoms with van der Waals surface area (Å²) in [6.07, 6.45) is 8.99. The van der Waals surface area contributed by atoms with Crippen LogP contribution in [-0.4, -0.2) is 11.5 Å². The summed E-state index contributed by atoms with van der Waals surface area (Å²) in [5.41, 5.74) is 7.45. The van der Waals surface area contributed by atoms with Gasteiger partial charge in [0.1, 0.15) is 0 Å². The summed E-state index contributed by atoms with van der Waals surface area (Å²) in [6, 6.07) is 1.94. The Labute approximate surface area is 97.5 Å². The lowest BCUT2D eigenvalue weighted by Gasteiger charge is -2.27. The van der Waals surface area contributed by atoms with Gasteiger partial charge in [-0.1, -0.05) is 19.8 Å². The molecule has 0 radical (unpaired) electrons. The number of pyridine rings is 1. The fourth-order valence-corrected chi connectivity index (χ4v) is 2.56. The van der Waals surface area contributed by atoms with Gasteiger partial charge < -0.3 is 11.1 Å². The van der Waals surface area contributed by atoms with E-state index in [9.17, 15) is 0 Å². The zero-order valence-corrected chi connectivity index (χ0v) is 9.95. The maximum atomic E-state index is 5.69. The predicted octanol–water partition coefficient (Wildman–Crippen LogP) is 2.90. The molecule has 2 rings (SSSR count). The number of nitrogen functional groups attached to an aromatic ring is 1. The van der Waals surface area contributed by atoms with E-state index in [2.05, 4.69) is 17.2 Å². The molecule has 0 spiro atoms. The highest BCUT2D eigenvalue weighted by Gasteiger charge is 2.18. The Hall–Kier alpha value is -1.25. The molecule has 0 aliphatic heterocycles. The van der Waals surface area contributed by atoms with Gasteiger partial charge >= 0.3 is 0 Å². The van der Waals surface area contributed by atoms with Gasteiger partial charge in [0.05, 0.1) is 17.6 Å². The van der Waals surface area contributed by atoms with Crippen LogP contribution in [0.2, 0.25) is 0 Å². The van der Waals surface area contributed by atoms with Crippen molar-refractivity contribution in [3.63, 3.8) is 0 Å². The number of aromatic nitrogens is 1. The minimum atomic E-state index is 0.724. The van der Waals surface area contributed by atoms with Gasteiger partial charge in [0.15, 0.2) is 0 Å². The van der Waals surface area contributed by atoms with Crippen molar-refractivity contribution in [1.29, 1.82) is 0 Å². The first kappa shape index (κ1) is 11.2. The van der Waals surface area contributed by atoms with Gasteiger partial charge in [-0.15, -0.1) is 0 Å². The molecule has 2 unspecified atom stereocenters. The quantitative estimate of drug-likeness (QED) is 0.821. The molecule has 3 nitrogen and oxygen atoms in total. The lowest BCUT2D eigenvalue weighted by molar-refractivity contribution is 0.293. The Kier molecular flexibility index (Phi) is 3.65. The number of nitrogens with one attached hydrogen (secondary N) is 1. The fourth-order valence-electron chi connectivity index (χ4n) is 2.56. The largest absolute Gasteiger partial charge is 0.397 e. The second-order valence-electron chi connectivity index (χ2n) is 5.03. The van der Waals surface area contributed by atoms with E-state index in [1.165, 1.54) is 25.7 Å². The fraction of sp³-hybridized carbons (Fsp3) is 0.615. The molecular weight excluding hydrogens is 198 g/mol. The molecule has 1 saturated carbocycles. The minimum Gasteiger partial charge on any atom is -0.397 e. The zero-order valence-electron chi connectivity index (χ0n) is 9.95. The third-order valence-corrected chi connectivity index (χ3v) is 3.40. The van der Waals surface area contributed by atoms with Crippen LogP contribution < -0.4 is 11.1 Å². The first-order chi connectivity index (χ1) is 7.74. The van der Waals surface area contributed by atoms with Crippen LogP contribution in [0.5, 0.6) is 0 Å². The van der Waals surface area contributed by atoms with Crippen molar-refractivity contribution in [2.24, 2.45) is 11.8 Å². The van der Waals surface area contributed by atoms with Crippen LogP contribution >= 0.6 is 0 Å². The van der Waals surface area contributed by atoms with E-state index >= 15 is 0 Å². The average Bonchev–Trinajstić information content (AvgIpc) is 2.27. The van der Waals surface area contributed by atoms with Crippen LogP contribution in [0.25, 0.3) is 0 Å². The van der Waals surface area contributed by atoms with E-state index in [4.69, 9.17) is 5.73 Å². The summed E-state index contributed by atoms with van der Waals surface area (Å²) in [4.78, 5) is 4.08. The summed E-state index contributed by atoms with van der Waals surface area (Å²) < 4.78 is 0. The summed E-state index contributed by atoms with van der Waals surface area (Å²) in [5, 5.41) is 3.43. The van der Waals surface area contributed by atoms with Crippen LogP contribution in [0.15, 0.2) is 18.5 Å². The van der Waals surface area contributed by atoms with E-state index in [0.717, 1.165) is 29.8 Å². The lowest BCUT2D eigenvalue weighted by atomic mass is 9.82. The molecular formula is C13H21N3. The molecule has 1 aliphatic rings. The Morgan fingerprint density at radius 1 is 1.44 bits per heavy atom. The molecule has 0 saturated heterocycles. The highest BCUT2D eigenvalue weighted by atomic mass is 14.9. The lowest BCUT2D eigenvalue weighted by Crippen LogP contribution is -2.21. The molecule has 1 fully saturated rings. The Morgan fingerprint density at radius 3 is 3.06 bits per heavy atom. The van der Waals surface area contributed by atoms with Gasteiger partial charge in [-0.05, 0) is 30.7 Å². The van der Waals surface area contributed by atoms with Gasteiger partial charge in [-0.2, -0.15) is 0 Å². The molecule has 1 aromatic rings. The predicted molar refractivity (Wildman–Crippen MR) is 68.3 cm³/mol. The maximum Gasteiger partial charge on any atom is 0.0547 e. The smallest absolute Gasteiger partial charge is 0.0547 e. The van der Waals surface area contributed by atoms with E-state index in [1.807, 2.05) is 12.3 Å². The summed E-state index contributed by atoms with van der Waals surface area (Å²) in [5.74, 6) is 1.70. The Morgan fingerprint density at radius 2 is 2.31 bits per heavy atom. The average molecular weight is 219 g/mol. The minimum absolute atomic E-state index is 0.724. The number of hydrogen-bond donors (Lipinski definition) is 2. The van der Waals surface area contributed by atoms with Crippen molar-refractivity contribution in [3.05, 3.63) is 18.5 Å². The molecule has 88 valence electrons. The van der Waals surface area contributed by atoms with E-state index < -0.39 is 0 Å². The molecule has 1 heterocycles. The van der Waals surface area contributed by atoms with Crippen molar-refractivity contribution in [2.45, 2.75) is 32.6 Å². The summed E-state index contributed by atoms with van der Waals surface area (Å²) in [7, 11) is 0. The summed E-state index contributed by atoms with van der Waals surface area (Å²) >= 11 is 0. The summed E-state index contributed by atoms with van der Waals surface area (Å²) in [6.45, 7) is 3.41. The SMILES string of the molecule is CC1CCCC(CNc2cncc(N)c2)C1. The van der Waals surface area contributed by atoms with Crippen LogP contribution in [0, 0.1) is 11.8 Å². The molecule has 2 atom stereocenters. The van der Waals surface area contributed by atoms with Crippen molar-refractivity contribution in [3.8, 4) is 0 Å². The molecule has 0 aromatic carbocycles. The monoisotopic (exact) mass is 219 g/mol. The van der Waals surface area contributed by atoms with E-state index in [-0.39, 0.29) is 0 Å². The first-order valence-electron chi connectivity index (χ1n) is 6.18. The standard InChI is InChI=1S/C13H21N3/c1-10-3-2-4-11(5-10)7-16-13-6-12(14)8-15-9-13/h6,8-11,16H,2-5,7,14H2,1H3. The topological polar surface area (TPSA) is 50.9 Å². The maximum absolute atomic E-state index is 5.69. The van der Waals surface area contributed by atoms with Gasteiger partial charge in [0.25, 0.3) is 0 Å². The van der Waals surface area contributed by atoms with Crippen molar-refractivity contribution < 1.29 is 0 Å². The molecule has 3 N–H and O–H groups in total. The van der Waals surface area contributed by atoms with Gasteiger partial charge in [-0.25, -0.2) is 0 Å². The highest BCUT2D eigenvalue weighted by Crippen LogP contribution is 2.28. The number of rotatable bonds is 3. The normalized spacial score (nSPS) is 25.3. The Bertz CT molecular complexity index is 338. The molecule has 0 bridgehead atoms. The van der Waals surface area contributed by atoms with E-state index in [0.29, 0.717) is 0 Å². The zero-order chi connectivity index (χ0) is 11.4. The van der Waals surface area contributed by atoms with Crippen LogP contribution in [0.3, 0.4) is 0 Å². The highest BCUT2D eigenvalue weighted by molar-refractivity contribution is 5.51. The van der Waals surface area contributed by atoms with E-state index in [1.54, 1.807) is 6.20 Å². The van der Waals surface area contributed by atoms with Gasteiger partial charge in [0, 0.05) is 12.7 Å². The third kappa shape index (κ3) is 3.12. The van der Waals surface area contributed by atoms with Crippen molar-refractivity contribution in [1.82, 2.24) is 4.98 Å². The molecule has 3 heteroatoms. The molecule has 1 aliphatic carbocycles. The molecule has 0 amide bonds. The molecule has 16 heavy (non-hydrogen) atoms. The Balaban J connectivity index is 1.82. The van der Waals surface area contributed by atoms with Crippen molar-refractivity contribution >= 4 is 11.4 Å². The van der Waals surface area contributed by atoms with Crippen LogP contribution in [0.4, 0.5) is 11.4 Å². The van der Waals surface area contributed by atoms with Crippen molar-refractivity contribution in [2.75, 3.05) is 17.6 Å². The first-order valence-corrected chi connectivity index (χ1v) is 6.18. The third-order valence-electron chi connectivity index (χ3n) is 3.40.